The highest BCUT2D eigenvalue weighted by Gasteiger charge is 2.12. The lowest BCUT2D eigenvalue weighted by Gasteiger charge is -2.07. The summed E-state index contributed by atoms with van der Waals surface area (Å²) in [5, 5.41) is 0. The van der Waals surface area contributed by atoms with Gasteiger partial charge >= 0.3 is 0 Å². The van der Waals surface area contributed by atoms with Crippen LogP contribution >= 0.6 is 22.6 Å². The highest BCUT2D eigenvalue weighted by atomic mass is 127. The van der Waals surface area contributed by atoms with Crippen LogP contribution in [-0.2, 0) is 0 Å². The van der Waals surface area contributed by atoms with Crippen LogP contribution in [0.3, 0.4) is 0 Å². The number of halogens is 3. The molecule has 16 heavy (non-hydrogen) atoms. The molecule has 0 bridgehead atoms. The van der Waals surface area contributed by atoms with Crippen molar-refractivity contribution in [2.75, 3.05) is 5.73 Å². The van der Waals surface area contributed by atoms with Crippen molar-refractivity contribution >= 4 is 28.4 Å². The minimum Gasteiger partial charge on any atom is -0.383 e. The van der Waals surface area contributed by atoms with E-state index >= 15 is 0 Å². The summed E-state index contributed by atoms with van der Waals surface area (Å²) < 4.78 is 27.4. The predicted octanol–water partition coefficient (Wildman–Crippen LogP) is 3.21. The normalized spacial score (nSPS) is 10.4. The summed E-state index contributed by atoms with van der Waals surface area (Å²) >= 11 is 2.04. The zero-order valence-corrected chi connectivity index (χ0v) is 10.2. The second kappa shape index (κ2) is 4.32. The molecule has 0 amide bonds. The zero-order chi connectivity index (χ0) is 11.7. The monoisotopic (exact) mass is 332 g/mol. The SMILES string of the molecule is Nc1ncc(I)cc1-c1cccc(F)c1F. The first-order valence-corrected chi connectivity index (χ1v) is 5.53. The molecule has 2 aromatic rings. The Bertz CT molecular complexity index is 544. The summed E-state index contributed by atoms with van der Waals surface area (Å²) in [5.74, 6) is -1.61. The largest absolute Gasteiger partial charge is 0.383 e. The van der Waals surface area contributed by atoms with Crippen molar-refractivity contribution in [3.05, 3.63) is 45.7 Å². The number of nitrogens with zero attached hydrogens (tertiary/aromatic N) is 1. The van der Waals surface area contributed by atoms with Gasteiger partial charge in [0.05, 0.1) is 0 Å². The Morgan fingerprint density at radius 1 is 1.19 bits per heavy atom. The van der Waals surface area contributed by atoms with Gasteiger partial charge in [-0.25, -0.2) is 13.8 Å². The first kappa shape index (κ1) is 11.3. The van der Waals surface area contributed by atoms with Crippen molar-refractivity contribution in [3.63, 3.8) is 0 Å². The molecular weight excluding hydrogens is 325 g/mol. The molecule has 82 valence electrons. The lowest BCUT2D eigenvalue weighted by atomic mass is 10.1. The van der Waals surface area contributed by atoms with E-state index in [1.807, 2.05) is 22.6 Å². The van der Waals surface area contributed by atoms with Crippen LogP contribution < -0.4 is 5.73 Å². The highest BCUT2D eigenvalue weighted by molar-refractivity contribution is 14.1. The minimum absolute atomic E-state index is 0.128. The van der Waals surface area contributed by atoms with E-state index in [9.17, 15) is 8.78 Å². The standard InChI is InChI=1S/C11H7F2IN2/c12-9-3-1-2-7(10(9)13)8-4-6(14)5-16-11(8)15/h1-5H,(H2,15,16). The van der Waals surface area contributed by atoms with Crippen LogP contribution in [-0.4, -0.2) is 4.98 Å². The molecule has 0 saturated carbocycles. The van der Waals surface area contributed by atoms with E-state index in [2.05, 4.69) is 4.98 Å². The van der Waals surface area contributed by atoms with Gasteiger partial charge in [-0.1, -0.05) is 12.1 Å². The summed E-state index contributed by atoms with van der Waals surface area (Å²) in [7, 11) is 0. The Kier molecular flexibility index (Phi) is 3.04. The number of hydrogen-bond acceptors (Lipinski definition) is 2. The average molecular weight is 332 g/mol. The topological polar surface area (TPSA) is 38.9 Å². The third kappa shape index (κ3) is 1.99. The number of pyridine rings is 1. The quantitative estimate of drug-likeness (QED) is 0.815. The Labute approximate surface area is 105 Å². The van der Waals surface area contributed by atoms with Gasteiger partial charge in [0.15, 0.2) is 11.6 Å². The molecule has 0 atom stereocenters. The van der Waals surface area contributed by atoms with Gasteiger partial charge in [-0.2, -0.15) is 0 Å². The van der Waals surface area contributed by atoms with E-state index < -0.39 is 11.6 Å². The molecule has 0 saturated heterocycles. The second-order valence-electron chi connectivity index (χ2n) is 3.19. The number of hydrogen-bond donors (Lipinski definition) is 1. The molecule has 2 nitrogen and oxygen atoms in total. The third-order valence-electron chi connectivity index (χ3n) is 2.13. The Hall–Kier alpha value is -1.24. The molecule has 1 aromatic heterocycles. The second-order valence-corrected chi connectivity index (χ2v) is 4.43. The van der Waals surface area contributed by atoms with Crippen LogP contribution in [0.4, 0.5) is 14.6 Å². The molecule has 0 unspecified atom stereocenters. The van der Waals surface area contributed by atoms with E-state index in [0.29, 0.717) is 5.56 Å². The van der Waals surface area contributed by atoms with Crippen molar-refractivity contribution < 1.29 is 8.78 Å². The van der Waals surface area contributed by atoms with Gasteiger partial charge in [0.2, 0.25) is 0 Å². The predicted molar refractivity (Wildman–Crippen MR) is 66.7 cm³/mol. The summed E-state index contributed by atoms with van der Waals surface area (Å²) in [6.45, 7) is 0. The van der Waals surface area contributed by atoms with Gasteiger partial charge < -0.3 is 5.73 Å². The summed E-state index contributed by atoms with van der Waals surface area (Å²) in [5.41, 5.74) is 6.17. The van der Waals surface area contributed by atoms with E-state index in [1.54, 1.807) is 12.3 Å². The number of aromatic nitrogens is 1. The molecular formula is C11H7F2IN2. The van der Waals surface area contributed by atoms with Crippen molar-refractivity contribution in [2.24, 2.45) is 0 Å². The Morgan fingerprint density at radius 2 is 1.94 bits per heavy atom. The summed E-state index contributed by atoms with van der Waals surface area (Å²) in [6.07, 6.45) is 1.57. The molecule has 0 aliphatic carbocycles. The average Bonchev–Trinajstić information content (AvgIpc) is 2.26. The maximum atomic E-state index is 13.5. The lowest BCUT2D eigenvalue weighted by Crippen LogP contribution is -1.97. The molecule has 2 rings (SSSR count). The Morgan fingerprint density at radius 3 is 2.69 bits per heavy atom. The number of anilines is 1. The molecule has 0 spiro atoms. The van der Waals surface area contributed by atoms with Gasteiger partial charge in [-0.05, 0) is 34.7 Å². The van der Waals surface area contributed by atoms with Crippen LogP contribution in [0.5, 0.6) is 0 Å². The molecule has 1 heterocycles. The van der Waals surface area contributed by atoms with Crippen LogP contribution in [0, 0.1) is 15.2 Å². The first-order chi connectivity index (χ1) is 7.59. The number of nitrogen functional groups attached to an aromatic ring is 1. The van der Waals surface area contributed by atoms with E-state index in [-0.39, 0.29) is 11.4 Å². The lowest BCUT2D eigenvalue weighted by molar-refractivity contribution is 0.511. The number of rotatable bonds is 1. The molecule has 1 aromatic carbocycles. The van der Waals surface area contributed by atoms with Crippen LogP contribution in [0.25, 0.3) is 11.1 Å². The number of nitrogens with two attached hydrogens (primary N) is 1. The molecule has 0 aliphatic rings. The summed E-state index contributed by atoms with van der Waals surface area (Å²) in [4.78, 5) is 3.91. The third-order valence-corrected chi connectivity index (χ3v) is 2.72. The van der Waals surface area contributed by atoms with Crippen LogP contribution in [0.1, 0.15) is 0 Å². The van der Waals surface area contributed by atoms with E-state index in [4.69, 9.17) is 5.73 Å². The summed E-state index contributed by atoms with van der Waals surface area (Å²) in [6, 6.07) is 5.64. The fraction of sp³-hybridized carbons (Fsp3) is 0. The van der Waals surface area contributed by atoms with Crippen molar-refractivity contribution in [3.8, 4) is 11.1 Å². The van der Waals surface area contributed by atoms with Crippen LogP contribution in [0.2, 0.25) is 0 Å². The first-order valence-electron chi connectivity index (χ1n) is 4.45. The molecule has 0 fully saturated rings. The van der Waals surface area contributed by atoms with Gasteiger partial charge in [-0.3, -0.25) is 0 Å². The maximum Gasteiger partial charge on any atom is 0.166 e. The zero-order valence-electron chi connectivity index (χ0n) is 8.05. The van der Waals surface area contributed by atoms with Crippen molar-refractivity contribution in [1.82, 2.24) is 4.98 Å². The molecule has 0 aliphatic heterocycles. The maximum absolute atomic E-state index is 13.5. The fourth-order valence-electron chi connectivity index (χ4n) is 1.38. The van der Waals surface area contributed by atoms with E-state index in [1.165, 1.54) is 12.1 Å². The fourth-order valence-corrected chi connectivity index (χ4v) is 1.83. The van der Waals surface area contributed by atoms with Crippen LogP contribution in [0.15, 0.2) is 30.5 Å². The highest BCUT2D eigenvalue weighted by Crippen LogP contribution is 2.29. The minimum atomic E-state index is -0.905. The molecule has 0 radical (unpaired) electrons. The smallest absolute Gasteiger partial charge is 0.166 e. The van der Waals surface area contributed by atoms with E-state index in [0.717, 1.165) is 9.64 Å². The van der Waals surface area contributed by atoms with Gasteiger partial charge in [0.1, 0.15) is 5.82 Å². The Balaban J connectivity index is 2.67. The van der Waals surface area contributed by atoms with Crippen molar-refractivity contribution in [1.29, 1.82) is 0 Å². The molecule has 5 heteroatoms. The molecule has 2 N–H and O–H groups in total. The van der Waals surface area contributed by atoms with Gasteiger partial charge in [0.25, 0.3) is 0 Å². The number of benzene rings is 1. The van der Waals surface area contributed by atoms with Crippen molar-refractivity contribution in [2.45, 2.75) is 0 Å². The van der Waals surface area contributed by atoms with Gasteiger partial charge in [0, 0.05) is 20.9 Å². The van der Waals surface area contributed by atoms with Gasteiger partial charge in [-0.15, -0.1) is 0 Å².